The number of ether oxygens (including phenoxy) is 2. The quantitative estimate of drug-likeness (QED) is 0.634. The fourth-order valence-electron chi connectivity index (χ4n) is 2.26. The zero-order chi connectivity index (χ0) is 15.1. The molecule has 1 fully saturated rings. The SMILES string of the molecule is COC(=O)C1(c2ccc(C(F)(F)F)c(F)c2OC)CC1. The Bertz CT molecular complexity index is 547. The first-order valence-electron chi connectivity index (χ1n) is 5.80. The molecule has 0 saturated heterocycles. The average Bonchev–Trinajstić information content (AvgIpc) is 3.17. The van der Waals surface area contributed by atoms with E-state index >= 15 is 0 Å². The van der Waals surface area contributed by atoms with Crippen LogP contribution >= 0.6 is 0 Å². The lowest BCUT2D eigenvalue weighted by atomic mass is 9.93. The second kappa shape index (κ2) is 4.64. The van der Waals surface area contributed by atoms with Crippen LogP contribution in [0.15, 0.2) is 12.1 Å². The molecule has 0 aromatic heterocycles. The Hall–Kier alpha value is -1.79. The zero-order valence-electron chi connectivity index (χ0n) is 10.8. The van der Waals surface area contributed by atoms with Crippen molar-refractivity contribution in [2.24, 2.45) is 0 Å². The molecular formula is C13H12F4O3. The van der Waals surface area contributed by atoms with Crippen LogP contribution in [0, 0.1) is 5.82 Å². The van der Waals surface area contributed by atoms with Gasteiger partial charge in [-0.25, -0.2) is 4.39 Å². The largest absolute Gasteiger partial charge is 0.493 e. The van der Waals surface area contributed by atoms with Gasteiger partial charge in [0.15, 0.2) is 11.6 Å². The van der Waals surface area contributed by atoms with Gasteiger partial charge in [0.2, 0.25) is 0 Å². The predicted octanol–water partition coefficient (Wildman–Crippen LogP) is 3.06. The van der Waals surface area contributed by atoms with Crippen LogP contribution < -0.4 is 4.74 Å². The van der Waals surface area contributed by atoms with Gasteiger partial charge in [-0.05, 0) is 18.9 Å². The van der Waals surface area contributed by atoms with Gasteiger partial charge in [0.05, 0.1) is 25.2 Å². The van der Waals surface area contributed by atoms with Gasteiger partial charge < -0.3 is 9.47 Å². The Balaban J connectivity index is 2.58. The molecule has 1 aliphatic carbocycles. The van der Waals surface area contributed by atoms with Crippen molar-refractivity contribution in [1.82, 2.24) is 0 Å². The summed E-state index contributed by atoms with van der Waals surface area (Å²) in [6.07, 6.45) is -4.04. The summed E-state index contributed by atoms with van der Waals surface area (Å²) >= 11 is 0. The van der Waals surface area contributed by atoms with Crippen molar-refractivity contribution in [1.29, 1.82) is 0 Å². The number of hydrogen-bond donors (Lipinski definition) is 0. The van der Waals surface area contributed by atoms with Gasteiger partial charge in [0.25, 0.3) is 0 Å². The van der Waals surface area contributed by atoms with Crippen LogP contribution in [0.3, 0.4) is 0 Å². The van der Waals surface area contributed by atoms with Crippen LogP contribution in [0.4, 0.5) is 17.6 Å². The van der Waals surface area contributed by atoms with E-state index in [2.05, 4.69) is 4.74 Å². The van der Waals surface area contributed by atoms with E-state index in [1.54, 1.807) is 0 Å². The molecular weight excluding hydrogens is 280 g/mol. The third kappa shape index (κ3) is 2.10. The molecule has 2 rings (SSSR count). The van der Waals surface area contributed by atoms with E-state index in [-0.39, 0.29) is 5.56 Å². The van der Waals surface area contributed by atoms with Crippen molar-refractivity contribution in [2.75, 3.05) is 14.2 Å². The number of methoxy groups -OCH3 is 2. The summed E-state index contributed by atoms with van der Waals surface area (Å²) in [6, 6.07) is 1.70. The van der Waals surface area contributed by atoms with E-state index in [1.165, 1.54) is 7.11 Å². The summed E-state index contributed by atoms with van der Waals surface area (Å²) in [4.78, 5) is 11.7. The van der Waals surface area contributed by atoms with Crippen molar-refractivity contribution in [3.8, 4) is 5.75 Å². The smallest absolute Gasteiger partial charge is 0.419 e. The van der Waals surface area contributed by atoms with Crippen molar-refractivity contribution in [2.45, 2.75) is 24.4 Å². The summed E-state index contributed by atoms with van der Waals surface area (Å²) in [7, 11) is 2.24. The van der Waals surface area contributed by atoms with Crippen LogP contribution in [-0.2, 0) is 21.1 Å². The summed E-state index contributed by atoms with van der Waals surface area (Å²) < 4.78 is 61.3. The molecule has 0 spiro atoms. The lowest BCUT2D eigenvalue weighted by Gasteiger charge is -2.19. The highest BCUT2D eigenvalue weighted by molar-refractivity contribution is 5.87. The van der Waals surface area contributed by atoms with Crippen molar-refractivity contribution >= 4 is 5.97 Å². The second-order valence-electron chi connectivity index (χ2n) is 4.58. The molecule has 0 aliphatic heterocycles. The van der Waals surface area contributed by atoms with Crippen molar-refractivity contribution < 1.29 is 31.8 Å². The molecule has 20 heavy (non-hydrogen) atoms. The van der Waals surface area contributed by atoms with Crippen LogP contribution in [0.2, 0.25) is 0 Å². The first-order valence-corrected chi connectivity index (χ1v) is 5.80. The molecule has 3 nitrogen and oxygen atoms in total. The number of rotatable bonds is 3. The van der Waals surface area contributed by atoms with Gasteiger partial charge >= 0.3 is 12.1 Å². The lowest BCUT2D eigenvalue weighted by Crippen LogP contribution is -2.23. The number of alkyl halides is 3. The summed E-state index contributed by atoms with van der Waals surface area (Å²) in [5.41, 5.74) is -2.42. The van der Waals surface area contributed by atoms with Crippen molar-refractivity contribution in [3.05, 3.63) is 29.1 Å². The van der Waals surface area contributed by atoms with Crippen LogP contribution in [-0.4, -0.2) is 20.2 Å². The summed E-state index contributed by atoms with van der Waals surface area (Å²) in [6.45, 7) is 0. The summed E-state index contributed by atoms with van der Waals surface area (Å²) in [5, 5.41) is 0. The molecule has 0 N–H and O–H groups in total. The van der Waals surface area contributed by atoms with Crippen LogP contribution in [0.5, 0.6) is 5.75 Å². The summed E-state index contributed by atoms with van der Waals surface area (Å²) in [5.74, 6) is -2.66. The Labute approximate surface area is 112 Å². The van der Waals surface area contributed by atoms with E-state index in [4.69, 9.17) is 4.74 Å². The molecule has 7 heteroatoms. The van der Waals surface area contributed by atoms with Gasteiger partial charge in [0, 0.05) is 5.56 Å². The minimum Gasteiger partial charge on any atom is -0.493 e. The fourth-order valence-corrected chi connectivity index (χ4v) is 2.26. The van der Waals surface area contributed by atoms with Gasteiger partial charge in [-0.2, -0.15) is 13.2 Å². The van der Waals surface area contributed by atoms with E-state index < -0.39 is 34.7 Å². The van der Waals surface area contributed by atoms with Crippen LogP contribution in [0.1, 0.15) is 24.0 Å². The average molecular weight is 292 g/mol. The molecule has 0 unspecified atom stereocenters. The first kappa shape index (κ1) is 14.6. The molecule has 0 radical (unpaired) electrons. The lowest BCUT2D eigenvalue weighted by molar-refractivity contribution is -0.143. The minimum atomic E-state index is -4.82. The topological polar surface area (TPSA) is 35.5 Å². The Morgan fingerprint density at radius 2 is 1.85 bits per heavy atom. The molecule has 1 aliphatic rings. The van der Waals surface area contributed by atoms with E-state index in [1.807, 2.05) is 0 Å². The molecule has 0 amide bonds. The maximum Gasteiger partial charge on any atom is 0.419 e. The third-order valence-electron chi connectivity index (χ3n) is 3.45. The predicted molar refractivity (Wildman–Crippen MR) is 60.9 cm³/mol. The zero-order valence-corrected chi connectivity index (χ0v) is 10.8. The fraction of sp³-hybridized carbons (Fsp3) is 0.462. The molecule has 1 aromatic carbocycles. The van der Waals surface area contributed by atoms with Gasteiger partial charge in [0.1, 0.15) is 0 Å². The number of carbonyl (C=O) groups excluding carboxylic acids is 1. The van der Waals surface area contributed by atoms with E-state index in [0.29, 0.717) is 18.9 Å². The van der Waals surface area contributed by atoms with Gasteiger partial charge in [-0.15, -0.1) is 0 Å². The van der Waals surface area contributed by atoms with Gasteiger partial charge in [-0.3, -0.25) is 4.79 Å². The number of halogens is 4. The highest BCUT2D eigenvalue weighted by atomic mass is 19.4. The minimum absolute atomic E-state index is 0.0948. The standard InChI is InChI=1S/C13H12F4O3/c1-19-10-8(12(5-6-12)11(18)20-2)4-3-7(9(10)14)13(15,16)17/h3-4H,5-6H2,1-2H3. The molecule has 1 aromatic rings. The Morgan fingerprint density at radius 1 is 1.25 bits per heavy atom. The molecule has 0 heterocycles. The molecule has 0 atom stereocenters. The second-order valence-corrected chi connectivity index (χ2v) is 4.58. The molecule has 1 saturated carbocycles. The normalized spacial score (nSPS) is 16.7. The highest BCUT2D eigenvalue weighted by Gasteiger charge is 2.55. The highest BCUT2D eigenvalue weighted by Crippen LogP contribution is 2.53. The van der Waals surface area contributed by atoms with Gasteiger partial charge in [-0.1, -0.05) is 6.07 Å². The molecule has 110 valence electrons. The molecule has 0 bridgehead atoms. The number of benzene rings is 1. The maximum atomic E-state index is 14.0. The number of esters is 1. The number of hydrogen-bond acceptors (Lipinski definition) is 3. The Morgan fingerprint density at radius 3 is 2.25 bits per heavy atom. The monoisotopic (exact) mass is 292 g/mol. The van der Waals surface area contributed by atoms with E-state index in [9.17, 15) is 22.4 Å². The van der Waals surface area contributed by atoms with E-state index in [0.717, 1.165) is 13.2 Å². The Kier molecular flexibility index (Phi) is 3.39. The maximum absolute atomic E-state index is 14.0. The first-order chi connectivity index (χ1) is 9.28. The van der Waals surface area contributed by atoms with Crippen molar-refractivity contribution in [3.63, 3.8) is 0 Å². The van der Waals surface area contributed by atoms with Crippen LogP contribution in [0.25, 0.3) is 0 Å². The third-order valence-corrected chi connectivity index (χ3v) is 3.45. The number of carbonyl (C=O) groups is 1.